The summed E-state index contributed by atoms with van der Waals surface area (Å²) in [6.45, 7) is 0. The first kappa shape index (κ1) is 6.12. The molecule has 2 aliphatic rings. The second-order valence-electron chi connectivity index (χ2n) is 3.10. The zero-order chi connectivity index (χ0) is 7.97. The molecule has 0 aliphatic heterocycles. The highest BCUT2D eigenvalue weighted by Gasteiger charge is 2.14. The molecular weight excluding hydrogens is 148 g/mol. The maximum Gasteiger partial charge on any atom is 0.0852 e. The van der Waals surface area contributed by atoms with Gasteiger partial charge in [0.05, 0.1) is 22.8 Å². The molecule has 0 saturated heterocycles. The van der Waals surface area contributed by atoms with Gasteiger partial charge in [-0.2, -0.15) is 0 Å². The summed E-state index contributed by atoms with van der Waals surface area (Å²) in [6, 6.07) is 0. The summed E-state index contributed by atoms with van der Waals surface area (Å²) in [5, 5.41) is 0. The molecule has 0 aromatic carbocycles. The molecule has 0 unspecified atom stereocenters. The van der Waals surface area contributed by atoms with E-state index in [0.717, 1.165) is 35.6 Å². The second-order valence-corrected chi connectivity index (χ2v) is 3.10. The Morgan fingerprint density at radius 3 is 2.00 bits per heavy atom. The van der Waals surface area contributed by atoms with E-state index in [0.29, 0.717) is 0 Å². The highest BCUT2D eigenvalue weighted by atomic mass is 14.9. The van der Waals surface area contributed by atoms with Gasteiger partial charge in [0.2, 0.25) is 0 Å². The normalized spacial score (nSPS) is 16.7. The van der Waals surface area contributed by atoms with Crippen molar-refractivity contribution in [2.75, 3.05) is 0 Å². The number of allylic oxidation sites excluding steroid dienone is 2. The van der Waals surface area contributed by atoms with Gasteiger partial charge in [0, 0.05) is 12.8 Å². The fraction of sp³-hybridized carbons (Fsp3) is 0.200. The molecule has 12 heavy (non-hydrogen) atoms. The van der Waals surface area contributed by atoms with Crippen LogP contribution in [0.3, 0.4) is 0 Å². The SMILES string of the molecule is C1=Cc2nc3c(nc2C1)CC=C3. The Bertz CT molecular complexity index is 367. The third-order valence-electron chi connectivity index (χ3n) is 2.28. The third-order valence-corrected chi connectivity index (χ3v) is 2.28. The van der Waals surface area contributed by atoms with Gasteiger partial charge in [-0.1, -0.05) is 12.2 Å². The number of aromatic nitrogens is 2. The molecule has 1 aromatic heterocycles. The van der Waals surface area contributed by atoms with Crippen LogP contribution in [0.4, 0.5) is 0 Å². The van der Waals surface area contributed by atoms with Crippen LogP contribution >= 0.6 is 0 Å². The Kier molecular flexibility index (Phi) is 1.04. The summed E-state index contributed by atoms with van der Waals surface area (Å²) in [6.07, 6.45) is 10.2. The average molecular weight is 156 g/mol. The lowest BCUT2D eigenvalue weighted by Gasteiger charge is -2.01. The predicted molar refractivity (Wildman–Crippen MR) is 47.5 cm³/mol. The van der Waals surface area contributed by atoms with Gasteiger partial charge >= 0.3 is 0 Å². The van der Waals surface area contributed by atoms with Crippen LogP contribution in [0.5, 0.6) is 0 Å². The summed E-state index contributed by atoms with van der Waals surface area (Å²) in [4.78, 5) is 9.04. The van der Waals surface area contributed by atoms with Crippen LogP contribution in [-0.2, 0) is 12.8 Å². The number of hydrogen-bond acceptors (Lipinski definition) is 2. The summed E-state index contributed by atoms with van der Waals surface area (Å²) >= 11 is 0. The van der Waals surface area contributed by atoms with Crippen molar-refractivity contribution in [2.45, 2.75) is 12.8 Å². The van der Waals surface area contributed by atoms with Crippen molar-refractivity contribution >= 4 is 12.2 Å². The van der Waals surface area contributed by atoms with E-state index in [2.05, 4.69) is 34.3 Å². The average Bonchev–Trinajstić information content (AvgIpc) is 2.64. The van der Waals surface area contributed by atoms with Gasteiger partial charge in [-0.05, 0) is 12.2 Å². The minimum absolute atomic E-state index is 0.954. The molecule has 0 saturated carbocycles. The minimum atomic E-state index is 0.954. The summed E-state index contributed by atoms with van der Waals surface area (Å²) in [7, 11) is 0. The van der Waals surface area contributed by atoms with Gasteiger partial charge in [-0.15, -0.1) is 0 Å². The number of rotatable bonds is 0. The minimum Gasteiger partial charge on any atom is -0.253 e. The van der Waals surface area contributed by atoms with E-state index in [1.54, 1.807) is 0 Å². The molecule has 0 amide bonds. The molecule has 3 rings (SSSR count). The Labute approximate surface area is 70.7 Å². The first-order valence-corrected chi connectivity index (χ1v) is 4.16. The van der Waals surface area contributed by atoms with Gasteiger partial charge in [0.15, 0.2) is 0 Å². The van der Waals surface area contributed by atoms with Gasteiger partial charge in [0.25, 0.3) is 0 Å². The van der Waals surface area contributed by atoms with E-state index >= 15 is 0 Å². The maximum absolute atomic E-state index is 4.55. The van der Waals surface area contributed by atoms with Crippen molar-refractivity contribution in [3.05, 3.63) is 34.9 Å². The lowest BCUT2D eigenvalue weighted by atomic mass is 10.3. The molecule has 2 nitrogen and oxygen atoms in total. The Morgan fingerprint density at radius 1 is 0.833 bits per heavy atom. The van der Waals surface area contributed by atoms with E-state index < -0.39 is 0 Å². The third kappa shape index (κ3) is 0.694. The Hall–Kier alpha value is -1.44. The monoisotopic (exact) mass is 156 g/mol. The predicted octanol–water partition coefficient (Wildman–Crippen LogP) is 1.62. The number of fused-ring (bicyclic) bond motifs is 2. The van der Waals surface area contributed by atoms with Crippen LogP contribution < -0.4 is 0 Å². The van der Waals surface area contributed by atoms with E-state index in [-0.39, 0.29) is 0 Å². The molecule has 1 heterocycles. The molecule has 0 fully saturated rings. The van der Waals surface area contributed by atoms with E-state index in [9.17, 15) is 0 Å². The van der Waals surface area contributed by atoms with Crippen LogP contribution in [0.15, 0.2) is 12.2 Å². The molecule has 0 bridgehead atoms. The van der Waals surface area contributed by atoms with Crippen molar-refractivity contribution in [3.8, 4) is 0 Å². The highest BCUT2D eigenvalue weighted by molar-refractivity contribution is 5.60. The molecule has 2 aliphatic carbocycles. The largest absolute Gasteiger partial charge is 0.253 e. The molecule has 58 valence electrons. The Morgan fingerprint density at radius 2 is 1.42 bits per heavy atom. The molecule has 0 radical (unpaired) electrons. The number of hydrogen-bond donors (Lipinski definition) is 0. The maximum atomic E-state index is 4.55. The van der Waals surface area contributed by atoms with Gasteiger partial charge in [-0.25, -0.2) is 4.98 Å². The molecule has 0 spiro atoms. The zero-order valence-electron chi connectivity index (χ0n) is 6.62. The Balaban J connectivity index is 2.27. The molecule has 0 N–H and O–H groups in total. The fourth-order valence-electron chi connectivity index (χ4n) is 1.67. The highest BCUT2D eigenvalue weighted by Crippen LogP contribution is 2.21. The van der Waals surface area contributed by atoms with Crippen LogP contribution in [0.25, 0.3) is 12.2 Å². The lowest BCUT2D eigenvalue weighted by molar-refractivity contribution is 0.990. The molecular formula is C10H8N2. The molecule has 1 aromatic rings. The smallest absolute Gasteiger partial charge is 0.0852 e. The van der Waals surface area contributed by atoms with Crippen molar-refractivity contribution in [3.63, 3.8) is 0 Å². The topological polar surface area (TPSA) is 25.8 Å². The first-order chi connectivity index (χ1) is 5.93. The van der Waals surface area contributed by atoms with Crippen molar-refractivity contribution in [1.82, 2.24) is 9.97 Å². The quantitative estimate of drug-likeness (QED) is 0.570. The van der Waals surface area contributed by atoms with Crippen LogP contribution in [0, 0.1) is 0 Å². The number of nitrogens with zero attached hydrogens (tertiary/aromatic N) is 2. The second kappa shape index (κ2) is 2.03. The van der Waals surface area contributed by atoms with Crippen molar-refractivity contribution in [2.24, 2.45) is 0 Å². The zero-order valence-corrected chi connectivity index (χ0v) is 6.62. The fourth-order valence-corrected chi connectivity index (χ4v) is 1.67. The van der Waals surface area contributed by atoms with E-state index in [4.69, 9.17) is 0 Å². The van der Waals surface area contributed by atoms with Gasteiger partial charge in [0.1, 0.15) is 0 Å². The van der Waals surface area contributed by atoms with E-state index in [1.165, 1.54) is 0 Å². The first-order valence-electron chi connectivity index (χ1n) is 4.16. The van der Waals surface area contributed by atoms with Gasteiger partial charge < -0.3 is 0 Å². The van der Waals surface area contributed by atoms with Gasteiger partial charge in [-0.3, -0.25) is 4.98 Å². The van der Waals surface area contributed by atoms with Crippen molar-refractivity contribution in [1.29, 1.82) is 0 Å². The summed E-state index contributed by atoms with van der Waals surface area (Å²) in [5.74, 6) is 0. The van der Waals surface area contributed by atoms with Crippen molar-refractivity contribution < 1.29 is 0 Å². The van der Waals surface area contributed by atoms with Crippen LogP contribution in [0.2, 0.25) is 0 Å². The molecule has 2 heteroatoms. The molecule has 0 atom stereocenters. The van der Waals surface area contributed by atoms with E-state index in [1.807, 2.05) is 0 Å². The van der Waals surface area contributed by atoms with Crippen LogP contribution in [-0.4, -0.2) is 9.97 Å². The lowest BCUT2D eigenvalue weighted by Crippen LogP contribution is -1.98. The van der Waals surface area contributed by atoms with Crippen LogP contribution in [0.1, 0.15) is 22.8 Å². The standard InChI is InChI=1S/C10H8N2/c1-3-7-8(4-1)12-10-6-2-5-9(10)11-7/h1-3,5H,4,6H2. The summed E-state index contributed by atoms with van der Waals surface area (Å²) < 4.78 is 0. The summed E-state index contributed by atoms with van der Waals surface area (Å²) in [5.41, 5.74) is 4.38.